The highest BCUT2D eigenvalue weighted by Crippen LogP contribution is 2.31. The summed E-state index contributed by atoms with van der Waals surface area (Å²) < 4.78 is 0. The van der Waals surface area contributed by atoms with Gasteiger partial charge >= 0.3 is 0 Å². The topological polar surface area (TPSA) is 75.4 Å². The summed E-state index contributed by atoms with van der Waals surface area (Å²) >= 11 is 0. The summed E-state index contributed by atoms with van der Waals surface area (Å²) in [6.45, 7) is 3.95. The lowest BCUT2D eigenvalue weighted by Crippen LogP contribution is -2.47. The minimum Gasteiger partial charge on any atom is -0.354 e. The lowest BCUT2D eigenvalue weighted by Gasteiger charge is -2.32. The number of halogens is 1. The van der Waals surface area contributed by atoms with Gasteiger partial charge in [-0.3, -0.25) is 9.59 Å². The molecule has 1 aliphatic heterocycles. The van der Waals surface area contributed by atoms with Gasteiger partial charge in [-0.25, -0.2) is 0 Å². The predicted octanol–water partition coefficient (Wildman–Crippen LogP) is 1.30. The molecule has 2 rings (SSSR count). The first kappa shape index (κ1) is 18.2. The molecule has 21 heavy (non-hydrogen) atoms. The van der Waals surface area contributed by atoms with E-state index in [1.807, 2.05) is 11.8 Å². The monoisotopic (exact) mass is 317 g/mol. The summed E-state index contributed by atoms with van der Waals surface area (Å²) in [6.07, 6.45) is 5.63. The molecule has 1 saturated carbocycles. The quantitative estimate of drug-likeness (QED) is 0.775. The van der Waals surface area contributed by atoms with Gasteiger partial charge in [0.05, 0.1) is 5.92 Å². The lowest BCUT2D eigenvalue weighted by atomic mass is 9.96. The van der Waals surface area contributed by atoms with Crippen molar-refractivity contribution in [2.45, 2.75) is 51.5 Å². The van der Waals surface area contributed by atoms with Crippen LogP contribution in [0.15, 0.2) is 0 Å². The molecule has 2 amide bonds. The molecule has 0 aromatic carbocycles. The van der Waals surface area contributed by atoms with E-state index in [4.69, 9.17) is 5.73 Å². The average molecular weight is 318 g/mol. The number of carbonyl (C=O) groups is 2. The Bertz CT molecular complexity index is 361. The van der Waals surface area contributed by atoms with E-state index in [9.17, 15) is 9.59 Å². The number of likely N-dealkylation sites (tertiary alicyclic amines) is 1. The molecule has 0 radical (unpaired) electrons. The Morgan fingerprint density at radius 3 is 2.67 bits per heavy atom. The fourth-order valence-corrected chi connectivity index (χ4v) is 2.84. The number of piperidine rings is 1. The molecular formula is C15H28ClN3O2. The second-order valence-electron chi connectivity index (χ2n) is 6.18. The molecule has 3 N–H and O–H groups in total. The van der Waals surface area contributed by atoms with E-state index in [2.05, 4.69) is 5.32 Å². The highest BCUT2D eigenvalue weighted by Gasteiger charge is 2.31. The van der Waals surface area contributed by atoms with Crippen LogP contribution in [-0.4, -0.2) is 42.4 Å². The van der Waals surface area contributed by atoms with Gasteiger partial charge in [0.25, 0.3) is 0 Å². The summed E-state index contributed by atoms with van der Waals surface area (Å²) in [6, 6.07) is 0.0976. The van der Waals surface area contributed by atoms with Crippen LogP contribution in [0.1, 0.15) is 45.4 Å². The fourth-order valence-electron chi connectivity index (χ4n) is 2.84. The van der Waals surface area contributed by atoms with E-state index in [0.29, 0.717) is 25.4 Å². The Labute approximate surface area is 133 Å². The van der Waals surface area contributed by atoms with Crippen molar-refractivity contribution in [3.63, 3.8) is 0 Å². The Morgan fingerprint density at radius 2 is 2.05 bits per heavy atom. The molecule has 2 aliphatic rings. The summed E-state index contributed by atoms with van der Waals surface area (Å²) in [4.78, 5) is 25.9. The number of nitrogens with zero attached hydrogens (tertiary/aromatic N) is 1. The van der Waals surface area contributed by atoms with Gasteiger partial charge in [-0.2, -0.15) is 0 Å². The number of hydrogen-bond acceptors (Lipinski definition) is 3. The summed E-state index contributed by atoms with van der Waals surface area (Å²) in [5.74, 6) is 0.787. The normalized spacial score (nSPS) is 23.1. The first-order chi connectivity index (χ1) is 9.61. The molecule has 1 saturated heterocycles. The number of nitrogens with one attached hydrogen (secondary N) is 1. The number of carbonyl (C=O) groups excluding carboxylic acids is 2. The van der Waals surface area contributed by atoms with Gasteiger partial charge in [0.15, 0.2) is 0 Å². The van der Waals surface area contributed by atoms with Gasteiger partial charge in [0.2, 0.25) is 11.8 Å². The van der Waals surface area contributed by atoms with Crippen molar-refractivity contribution >= 4 is 24.2 Å². The van der Waals surface area contributed by atoms with Crippen LogP contribution >= 0.6 is 12.4 Å². The summed E-state index contributed by atoms with van der Waals surface area (Å²) in [5.41, 5.74) is 5.99. The molecule has 122 valence electrons. The third-order valence-electron chi connectivity index (χ3n) is 4.35. The third kappa shape index (κ3) is 5.47. The summed E-state index contributed by atoms with van der Waals surface area (Å²) in [7, 11) is 0. The van der Waals surface area contributed by atoms with Gasteiger partial charge in [-0.15, -0.1) is 12.4 Å². The highest BCUT2D eigenvalue weighted by atomic mass is 35.5. The second-order valence-corrected chi connectivity index (χ2v) is 6.18. The Morgan fingerprint density at radius 1 is 1.33 bits per heavy atom. The molecule has 6 heteroatoms. The van der Waals surface area contributed by atoms with Crippen molar-refractivity contribution in [3.8, 4) is 0 Å². The second kappa shape index (κ2) is 8.59. The van der Waals surface area contributed by atoms with Crippen LogP contribution in [0.4, 0.5) is 0 Å². The molecule has 2 atom stereocenters. The zero-order valence-electron chi connectivity index (χ0n) is 12.8. The minimum atomic E-state index is -0.0593. The van der Waals surface area contributed by atoms with Crippen LogP contribution in [0.2, 0.25) is 0 Å². The van der Waals surface area contributed by atoms with Crippen molar-refractivity contribution < 1.29 is 9.59 Å². The van der Waals surface area contributed by atoms with E-state index >= 15 is 0 Å². The van der Waals surface area contributed by atoms with Gasteiger partial charge in [0.1, 0.15) is 0 Å². The van der Waals surface area contributed by atoms with Crippen LogP contribution < -0.4 is 11.1 Å². The SMILES string of the molecule is CCCC(=O)N1CCCC(C(=O)NCC(N)C2CC2)C1.Cl. The van der Waals surface area contributed by atoms with E-state index in [1.54, 1.807) is 0 Å². The zero-order valence-corrected chi connectivity index (χ0v) is 13.7. The number of hydrogen-bond donors (Lipinski definition) is 2. The first-order valence-corrected chi connectivity index (χ1v) is 7.93. The van der Waals surface area contributed by atoms with E-state index in [0.717, 1.165) is 25.8 Å². The van der Waals surface area contributed by atoms with Crippen LogP contribution in [0.3, 0.4) is 0 Å². The molecule has 2 fully saturated rings. The maximum atomic E-state index is 12.2. The molecule has 0 aromatic heterocycles. The standard InChI is InChI=1S/C15H27N3O2.ClH/c1-2-4-14(19)18-8-3-5-12(10-18)15(20)17-9-13(16)11-6-7-11;/h11-13H,2-10,16H2,1H3,(H,17,20);1H. The van der Waals surface area contributed by atoms with Gasteiger partial charge in [-0.1, -0.05) is 6.92 Å². The molecule has 0 aromatic rings. The molecule has 1 heterocycles. The third-order valence-corrected chi connectivity index (χ3v) is 4.35. The first-order valence-electron chi connectivity index (χ1n) is 7.93. The van der Waals surface area contributed by atoms with Crippen molar-refractivity contribution in [3.05, 3.63) is 0 Å². The van der Waals surface area contributed by atoms with Crippen LogP contribution in [0, 0.1) is 11.8 Å². The van der Waals surface area contributed by atoms with Gasteiger partial charge in [-0.05, 0) is 38.0 Å². The molecule has 1 aliphatic carbocycles. The largest absolute Gasteiger partial charge is 0.354 e. The van der Waals surface area contributed by atoms with Crippen LogP contribution in [0.25, 0.3) is 0 Å². The van der Waals surface area contributed by atoms with E-state index < -0.39 is 0 Å². The van der Waals surface area contributed by atoms with E-state index in [-0.39, 0.29) is 36.2 Å². The lowest BCUT2D eigenvalue weighted by molar-refractivity contribution is -0.135. The fraction of sp³-hybridized carbons (Fsp3) is 0.867. The highest BCUT2D eigenvalue weighted by molar-refractivity contribution is 5.85. The Hall–Kier alpha value is -0.810. The van der Waals surface area contributed by atoms with Crippen molar-refractivity contribution in [2.75, 3.05) is 19.6 Å². The Kier molecular flexibility index (Phi) is 7.46. The van der Waals surface area contributed by atoms with E-state index in [1.165, 1.54) is 12.8 Å². The number of nitrogens with two attached hydrogens (primary N) is 1. The smallest absolute Gasteiger partial charge is 0.224 e. The van der Waals surface area contributed by atoms with Crippen LogP contribution in [0.5, 0.6) is 0 Å². The predicted molar refractivity (Wildman–Crippen MR) is 85.2 cm³/mol. The zero-order chi connectivity index (χ0) is 14.5. The Balaban J connectivity index is 0.00000220. The number of rotatable bonds is 6. The molecular weight excluding hydrogens is 290 g/mol. The van der Waals surface area contributed by atoms with Crippen LogP contribution in [-0.2, 0) is 9.59 Å². The van der Waals surface area contributed by atoms with Crippen molar-refractivity contribution in [1.82, 2.24) is 10.2 Å². The molecule has 0 spiro atoms. The van der Waals surface area contributed by atoms with Gasteiger partial charge < -0.3 is 16.0 Å². The van der Waals surface area contributed by atoms with Gasteiger partial charge in [0, 0.05) is 32.1 Å². The molecule has 0 bridgehead atoms. The maximum absolute atomic E-state index is 12.2. The average Bonchev–Trinajstić information content (AvgIpc) is 3.29. The molecule has 5 nitrogen and oxygen atoms in total. The van der Waals surface area contributed by atoms with Crippen molar-refractivity contribution in [1.29, 1.82) is 0 Å². The molecule has 2 unspecified atom stereocenters. The minimum absolute atomic E-state index is 0. The maximum Gasteiger partial charge on any atom is 0.224 e. The summed E-state index contributed by atoms with van der Waals surface area (Å²) in [5, 5.41) is 2.96. The number of amides is 2. The van der Waals surface area contributed by atoms with Crippen molar-refractivity contribution in [2.24, 2.45) is 17.6 Å².